The Balaban J connectivity index is 1.46. The molecule has 4 aliphatic carbocycles. The van der Waals surface area contributed by atoms with Crippen molar-refractivity contribution in [1.82, 2.24) is 0 Å². The van der Waals surface area contributed by atoms with Crippen LogP contribution in [0.1, 0.15) is 126 Å². The van der Waals surface area contributed by atoms with E-state index in [-0.39, 0.29) is 5.04 Å². The van der Waals surface area contributed by atoms with Crippen molar-refractivity contribution in [3.63, 3.8) is 0 Å². The molecular formula is C33H60O2Si. The van der Waals surface area contributed by atoms with Gasteiger partial charge in [-0.25, -0.2) is 0 Å². The van der Waals surface area contributed by atoms with Crippen LogP contribution in [0.2, 0.25) is 18.1 Å². The summed E-state index contributed by atoms with van der Waals surface area (Å²) in [4.78, 5) is 14.0. The van der Waals surface area contributed by atoms with Gasteiger partial charge in [0.1, 0.15) is 5.78 Å². The van der Waals surface area contributed by atoms with Gasteiger partial charge in [0.15, 0.2) is 8.32 Å². The number of fused-ring (bicyclic) bond motifs is 5. The van der Waals surface area contributed by atoms with Gasteiger partial charge >= 0.3 is 0 Å². The summed E-state index contributed by atoms with van der Waals surface area (Å²) in [6.07, 6.45) is 14.2. The standard InChI is InChI=1S/C33H60O2Si/c1-22(2)12-11-13-23(3)26-14-15-27-30-28(17-19-33(26,27)8)32(7)18-16-25(20-24(32)21-29(30)34)35-36(9,10)31(4,5)6/h22-28,30H,11-21H2,1-10H3/t23-,24-,25+,26-,27+,28+,30+,32+,33-/m1/s1. The van der Waals surface area contributed by atoms with Gasteiger partial charge in [0, 0.05) is 18.4 Å². The minimum Gasteiger partial charge on any atom is -0.414 e. The molecular weight excluding hydrogens is 456 g/mol. The molecule has 0 N–H and O–H groups in total. The third-order valence-corrected chi connectivity index (χ3v) is 17.4. The number of carbonyl (C=O) groups excluding carboxylic acids is 1. The molecule has 2 nitrogen and oxygen atoms in total. The Hall–Kier alpha value is -0.153. The van der Waals surface area contributed by atoms with Gasteiger partial charge in [0.2, 0.25) is 0 Å². The van der Waals surface area contributed by atoms with Crippen molar-refractivity contribution in [3.05, 3.63) is 0 Å². The maximum absolute atomic E-state index is 14.0. The van der Waals surface area contributed by atoms with Gasteiger partial charge in [0.25, 0.3) is 0 Å². The number of Topliss-reactive ketones (excluding diaryl/α,β-unsaturated/α-hetero) is 1. The van der Waals surface area contributed by atoms with Crippen molar-refractivity contribution < 1.29 is 9.22 Å². The van der Waals surface area contributed by atoms with Crippen LogP contribution in [-0.2, 0) is 9.22 Å². The van der Waals surface area contributed by atoms with E-state index in [4.69, 9.17) is 4.43 Å². The lowest BCUT2D eigenvalue weighted by atomic mass is 9.44. The second-order valence-corrected chi connectivity index (χ2v) is 21.2. The molecule has 9 atom stereocenters. The maximum Gasteiger partial charge on any atom is 0.192 e. The summed E-state index contributed by atoms with van der Waals surface area (Å²) in [7, 11) is -1.77. The third-order valence-electron chi connectivity index (χ3n) is 12.9. The summed E-state index contributed by atoms with van der Waals surface area (Å²) in [5, 5.41) is 0.250. The Morgan fingerprint density at radius 2 is 1.58 bits per heavy atom. The topological polar surface area (TPSA) is 26.3 Å². The molecule has 0 aromatic heterocycles. The summed E-state index contributed by atoms with van der Waals surface area (Å²) in [5.74, 6) is 5.21. The summed E-state index contributed by atoms with van der Waals surface area (Å²) >= 11 is 0. The van der Waals surface area contributed by atoms with E-state index in [1.54, 1.807) is 0 Å². The van der Waals surface area contributed by atoms with Gasteiger partial charge in [0.05, 0.1) is 0 Å². The van der Waals surface area contributed by atoms with Crippen molar-refractivity contribution >= 4 is 14.1 Å². The van der Waals surface area contributed by atoms with Gasteiger partial charge in [-0.15, -0.1) is 0 Å². The predicted octanol–water partition coefficient (Wildman–Crippen LogP) is 9.68. The van der Waals surface area contributed by atoms with Crippen LogP contribution in [0, 0.1) is 52.3 Å². The second-order valence-electron chi connectivity index (χ2n) is 16.4. The quantitative estimate of drug-likeness (QED) is 0.315. The molecule has 0 aromatic carbocycles. The lowest BCUT2D eigenvalue weighted by Crippen LogP contribution is -2.58. The molecule has 4 saturated carbocycles. The molecule has 0 heterocycles. The molecule has 3 heteroatoms. The van der Waals surface area contributed by atoms with E-state index in [0.717, 1.165) is 30.6 Å². The van der Waals surface area contributed by atoms with Crippen LogP contribution < -0.4 is 0 Å². The van der Waals surface area contributed by atoms with Crippen LogP contribution >= 0.6 is 0 Å². The molecule has 0 unspecified atom stereocenters. The van der Waals surface area contributed by atoms with E-state index in [1.807, 2.05) is 0 Å². The molecule has 4 aliphatic rings. The first-order valence-electron chi connectivity index (χ1n) is 15.8. The van der Waals surface area contributed by atoms with Gasteiger partial charge in [-0.3, -0.25) is 4.79 Å². The van der Waals surface area contributed by atoms with E-state index in [2.05, 4.69) is 68.5 Å². The minimum atomic E-state index is -1.77. The van der Waals surface area contributed by atoms with Gasteiger partial charge in [-0.05, 0) is 109 Å². The Bertz CT molecular complexity index is 796. The summed E-state index contributed by atoms with van der Waals surface area (Å²) in [5.41, 5.74) is 0.730. The van der Waals surface area contributed by atoms with E-state index in [0.29, 0.717) is 46.4 Å². The zero-order valence-electron chi connectivity index (χ0n) is 25.7. The molecule has 4 fully saturated rings. The lowest BCUT2D eigenvalue weighted by molar-refractivity contribution is -0.160. The first-order chi connectivity index (χ1) is 16.6. The minimum absolute atomic E-state index is 0.250. The Kier molecular flexibility index (Phi) is 8.10. The van der Waals surface area contributed by atoms with Crippen molar-refractivity contribution in [1.29, 1.82) is 0 Å². The maximum atomic E-state index is 14.0. The average Bonchev–Trinajstić information content (AvgIpc) is 3.10. The fourth-order valence-electron chi connectivity index (χ4n) is 9.62. The zero-order valence-corrected chi connectivity index (χ0v) is 26.7. The molecule has 0 aromatic rings. The van der Waals surface area contributed by atoms with Gasteiger partial charge in [-0.1, -0.05) is 74.7 Å². The Morgan fingerprint density at radius 1 is 0.944 bits per heavy atom. The molecule has 0 spiro atoms. The highest BCUT2D eigenvalue weighted by molar-refractivity contribution is 6.74. The monoisotopic (exact) mass is 516 g/mol. The third kappa shape index (κ3) is 5.07. The van der Waals surface area contributed by atoms with Crippen LogP contribution in [0.5, 0.6) is 0 Å². The van der Waals surface area contributed by atoms with Crippen LogP contribution in [0.4, 0.5) is 0 Å². The van der Waals surface area contributed by atoms with Crippen LogP contribution in [0.3, 0.4) is 0 Å². The second kappa shape index (κ2) is 10.1. The fraction of sp³-hybridized carbons (Fsp3) is 0.970. The van der Waals surface area contributed by atoms with Crippen molar-refractivity contribution in [3.8, 4) is 0 Å². The van der Waals surface area contributed by atoms with Crippen molar-refractivity contribution in [2.75, 3.05) is 0 Å². The lowest BCUT2D eigenvalue weighted by Gasteiger charge is -2.61. The normalized spacial score (nSPS) is 42.1. The van der Waals surface area contributed by atoms with Gasteiger partial charge < -0.3 is 4.43 Å². The summed E-state index contributed by atoms with van der Waals surface area (Å²) in [6, 6.07) is 0. The smallest absolute Gasteiger partial charge is 0.192 e. The molecule has 208 valence electrons. The molecule has 4 rings (SSSR count). The highest BCUT2D eigenvalue weighted by atomic mass is 28.4. The molecule has 0 saturated heterocycles. The van der Waals surface area contributed by atoms with E-state index in [9.17, 15) is 4.79 Å². The number of rotatable bonds is 7. The number of hydrogen-bond acceptors (Lipinski definition) is 2. The predicted molar refractivity (Wildman–Crippen MR) is 156 cm³/mol. The highest BCUT2D eigenvalue weighted by Gasteiger charge is 2.63. The van der Waals surface area contributed by atoms with Crippen LogP contribution in [0.15, 0.2) is 0 Å². The largest absolute Gasteiger partial charge is 0.414 e. The highest BCUT2D eigenvalue weighted by Crippen LogP contribution is 2.68. The SMILES string of the molecule is CC(C)CCC[C@@H](C)[C@H]1CC[C@H]2[C@@H]3C(=O)C[C@H]4C[C@@H](O[Si](C)(C)C(C)(C)C)CC[C@]4(C)[C@H]3CC[C@]12C. The van der Waals surface area contributed by atoms with E-state index >= 15 is 0 Å². The summed E-state index contributed by atoms with van der Waals surface area (Å²) in [6.45, 7) is 24.3. The first-order valence-corrected chi connectivity index (χ1v) is 18.7. The number of carbonyl (C=O) groups is 1. The molecule has 0 aliphatic heterocycles. The average molecular weight is 517 g/mol. The molecule has 0 amide bonds. The van der Waals surface area contributed by atoms with Crippen molar-refractivity contribution in [2.45, 2.75) is 150 Å². The number of hydrogen-bond donors (Lipinski definition) is 0. The van der Waals surface area contributed by atoms with Crippen molar-refractivity contribution in [2.24, 2.45) is 52.3 Å². The zero-order chi connectivity index (χ0) is 26.7. The van der Waals surface area contributed by atoms with E-state index in [1.165, 1.54) is 57.8 Å². The van der Waals surface area contributed by atoms with Crippen LogP contribution in [-0.4, -0.2) is 20.2 Å². The Labute approximate surface area is 225 Å². The molecule has 0 radical (unpaired) electrons. The summed E-state index contributed by atoms with van der Waals surface area (Å²) < 4.78 is 6.91. The fourth-order valence-corrected chi connectivity index (χ4v) is 11.0. The van der Waals surface area contributed by atoms with Crippen LogP contribution in [0.25, 0.3) is 0 Å². The number of ketones is 1. The van der Waals surface area contributed by atoms with Gasteiger partial charge in [-0.2, -0.15) is 0 Å². The Morgan fingerprint density at radius 3 is 2.22 bits per heavy atom. The first kappa shape index (κ1) is 28.8. The molecule has 36 heavy (non-hydrogen) atoms. The molecule has 0 bridgehead atoms. The van der Waals surface area contributed by atoms with E-state index < -0.39 is 8.32 Å².